The first-order chi connectivity index (χ1) is 18.5. The Morgan fingerprint density at radius 3 is 1.55 bits per heavy atom. The number of unbranched alkanes of at least 4 members (excludes halogenated alkanes) is 13. The minimum Gasteiger partial charge on any atom is -0.465 e. The van der Waals surface area contributed by atoms with E-state index in [1.807, 2.05) is 12.0 Å². The van der Waals surface area contributed by atoms with Gasteiger partial charge in [0.05, 0.1) is 12.5 Å². The van der Waals surface area contributed by atoms with E-state index in [2.05, 4.69) is 34.6 Å². The maximum absolute atomic E-state index is 12.5. The maximum atomic E-state index is 12.5. The van der Waals surface area contributed by atoms with Gasteiger partial charge in [-0.1, -0.05) is 138 Å². The van der Waals surface area contributed by atoms with Gasteiger partial charge in [-0.15, -0.1) is 5.06 Å². The molecule has 0 radical (unpaired) electrons. The Balaban J connectivity index is 0. The second-order valence-electron chi connectivity index (χ2n) is 10.8. The van der Waals surface area contributed by atoms with E-state index in [4.69, 9.17) is 9.57 Å². The van der Waals surface area contributed by atoms with E-state index in [0.717, 1.165) is 77.3 Å². The maximum Gasteiger partial charge on any atom is 0.324 e. The van der Waals surface area contributed by atoms with Crippen LogP contribution in [0.4, 0.5) is 0 Å². The fraction of sp³-hybridized carbons (Fsp3) is 0.939. The molecular formula is C33H67NO4. The molecule has 0 heterocycles. The second kappa shape index (κ2) is 32.1. The largest absolute Gasteiger partial charge is 0.465 e. The first-order valence-corrected chi connectivity index (χ1v) is 16.6. The van der Waals surface area contributed by atoms with Crippen LogP contribution in [0, 0.1) is 5.92 Å². The first-order valence-electron chi connectivity index (χ1n) is 16.6. The fourth-order valence-electron chi connectivity index (χ4n) is 4.34. The van der Waals surface area contributed by atoms with Crippen molar-refractivity contribution in [3.8, 4) is 0 Å². The molecule has 0 saturated carbocycles. The molecule has 0 aromatic rings. The van der Waals surface area contributed by atoms with Crippen LogP contribution in [-0.4, -0.2) is 36.7 Å². The zero-order valence-corrected chi connectivity index (χ0v) is 26.6. The van der Waals surface area contributed by atoms with Gasteiger partial charge in [0.25, 0.3) is 0 Å². The number of hydroxylamine groups is 2. The van der Waals surface area contributed by atoms with Crippen molar-refractivity contribution in [1.29, 1.82) is 0 Å². The molecule has 38 heavy (non-hydrogen) atoms. The SMILES string of the molecule is CCC.CCCCCCCN(CCCCCCCCOC(=O)C(CCCC)CCCCCC)OC(=O)CC. The molecule has 0 rings (SSSR count). The summed E-state index contributed by atoms with van der Waals surface area (Å²) in [6.07, 6.45) is 23.4. The zero-order valence-electron chi connectivity index (χ0n) is 26.6. The molecule has 0 aliphatic heterocycles. The van der Waals surface area contributed by atoms with Crippen LogP contribution in [0.2, 0.25) is 0 Å². The Kier molecular flexibility index (Phi) is 33.0. The monoisotopic (exact) mass is 542 g/mol. The minimum absolute atomic E-state index is 0.0337. The lowest BCUT2D eigenvalue weighted by Gasteiger charge is -2.21. The van der Waals surface area contributed by atoms with Gasteiger partial charge in [-0.3, -0.25) is 9.59 Å². The molecule has 5 nitrogen and oxygen atoms in total. The van der Waals surface area contributed by atoms with Gasteiger partial charge in [-0.05, 0) is 32.1 Å². The van der Waals surface area contributed by atoms with Crippen molar-refractivity contribution in [1.82, 2.24) is 5.06 Å². The van der Waals surface area contributed by atoms with Crippen LogP contribution in [0.5, 0.6) is 0 Å². The zero-order chi connectivity index (χ0) is 28.7. The third-order valence-corrected chi connectivity index (χ3v) is 6.72. The van der Waals surface area contributed by atoms with Gasteiger partial charge in [-0.2, -0.15) is 0 Å². The van der Waals surface area contributed by atoms with Crippen molar-refractivity contribution < 1.29 is 19.2 Å². The highest BCUT2D eigenvalue weighted by Crippen LogP contribution is 2.19. The van der Waals surface area contributed by atoms with Crippen molar-refractivity contribution in [2.75, 3.05) is 19.7 Å². The number of rotatable bonds is 26. The van der Waals surface area contributed by atoms with Crippen LogP contribution in [0.1, 0.15) is 176 Å². The summed E-state index contributed by atoms with van der Waals surface area (Å²) in [5, 5.41) is 1.88. The lowest BCUT2D eigenvalue weighted by atomic mass is 9.95. The summed E-state index contributed by atoms with van der Waals surface area (Å²) in [4.78, 5) is 29.7. The van der Waals surface area contributed by atoms with Crippen LogP contribution < -0.4 is 0 Å². The number of carbonyl (C=O) groups is 2. The molecule has 0 aromatic carbocycles. The van der Waals surface area contributed by atoms with Gasteiger partial charge in [0.1, 0.15) is 0 Å². The van der Waals surface area contributed by atoms with E-state index in [-0.39, 0.29) is 17.9 Å². The molecule has 1 atom stereocenters. The Morgan fingerprint density at radius 1 is 0.579 bits per heavy atom. The molecule has 0 bridgehead atoms. The molecule has 0 amide bonds. The summed E-state index contributed by atoms with van der Waals surface area (Å²) >= 11 is 0. The number of ether oxygens (including phenoxy) is 1. The molecule has 0 fully saturated rings. The van der Waals surface area contributed by atoms with Gasteiger partial charge in [-0.25, -0.2) is 0 Å². The summed E-state index contributed by atoms with van der Waals surface area (Å²) in [6.45, 7) is 15.0. The van der Waals surface area contributed by atoms with E-state index in [0.29, 0.717) is 13.0 Å². The van der Waals surface area contributed by atoms with Crippen LogP contribution in [0.15, 0.2) is 0 Å². The van der Waals surface area contributed by atoms with E-state index < -0.39 is 0 Å². The van der Waals surface area contributed by atoms with E-state index in [1.165, 1.54) is 64.2 Å². The topological polar surface area (TPSA) is 55.8 Å². The van der Waals surface area contributed by atoms with Crippen molar-refractivity contribution in [3.63, 3.8) is 0 Å². The van der Waals surface area contributed by atoms with Crippen LogP contribution in [-0.2, 0) is 19.2 Å². The lowest BCUT2D eigenvalue weighted by Crippen LogP contribution is -2.29. The average Bonchev–Trinajstić information content (AvgIpc) is 2.91. The van der Waals surface area contributed by atoms with Crippen molar-refractivity contribution in [3.05, 3.63) is 0 Å². The molecule has 0 saturated heterocycles. The molecule has 0 aliphatic rings. The molecule has 0 N–H and O–H groups in total. The Bertz CT molecular complexity index is 497. The number of esters is 1. The summed E-state index contributed by atoms with van der Waals surface area (Å²) in [7, 11) is 0. The lowest BCUT2D eigenvalue weighted by molar-refractivity contribution is -0.191. The fourth-order valence-corrected chi connectivity index (χ4v) is 4.34. The highest BCUT2D eigenvalue weighted by molar-refractivity contribution is 5.72. The Morgan fingerprint density at radius 2 is 1.03 bits per heavy atom. The third-order valence-electron chi connectivity index (χ3n) is 6.72. The van der Waals surface area contributed by atoms with Crippen molar-refractivity contribution in [2.24, 2.45) is 5.92 Å². The number of hydrogen-bond donors (Lipinski definition) is 0. The van der Waals surface area contributed by atoms with E-state index in [1.54, 1.807) is 0 Å². The van der Waals surface area contributed by atoms with E-state index >= 15 is 0 Å². The Hall–Kier alpha value is -1.10. The predicted molar refractivity (Wildman–Crippen MR) is 163 cm³/mol. The van der Waals surface area contributed by atoms with Crippen LogP contribution in [0.25, 0.3) is 0 Å². The molecule has 228 valence electrons. The van der Waals surface area contributed by atoms with Gasteiger partial charge in [0.15, 0.2) is 0 Å². The van der Waals surface area contributed by atoms with Crippen molar-refractivity contribution >= 4 is 11.9 Å². The summed E-state index contributed by atoms with van der Waals surface area (Å²) in [5.41, 5.74) is 0. The molecule has 0 spiro atoms. The number of hydrogen-bond acceptors (Lipinski definition) is 5. The normalized spacial score (nSPS) is 11.7. The van der Waals surface area contributed by atoms with Gasteiger partial charge >= 0.3 is 11.9 Å². The summed E-state index contributed by atoms with van der Waals surface area (Å²) in [5.74, 6) is 0.000522. The Labute approximate surface area is 238 Å². The number of nitrogens with zero attached hydrogens (tertiary/aromatic N) is 1. The third kappa shape index (κ3) is 27.9. The van der Waals surface area contributed by atoms with E-state index in [9.17, 15) is 9.59 Å². The van der Waals surface area contributed by atoms with Gasteiger partial charge < -0.3 is 9.57 Å². The first kappa shape index (κ1) is 39.0. The average molecular weight is 542 g/mol. The van der Waals surface area contributed by atoms with Gasteiger partial charge in [0.2, 0.25) is 0 Å². The molecule has 1 unspecified atom stereocenters. The smallest absolute Gasteiger partial charge is 0.324 e. The van der Waals surface area contributed by atoms with Crippen LogP contribution >= 0.6 is 0 Å². The summed E-state index contributed by atoms with van der Waals surface area (Å²) < 4.78 is 5.63. The molecule has 0 aromatic heterocycles. The quantitative estimate of drug-likeness (QED) is 0.0619. The standard InChI is InChI=1S/C30H59NO4.C3H8/c1-5-9-12-16-20-25-31(35-29(32)8-4)26-21-17-14-15-18-22-27-34-30(33)28(23-11-7-3)24-19-13-10-6-2;1-3-2/h28H,5-27H2,1-4H3;3H2,1-2H3. The molecule has 0 aliphatic carbocycles. The summed E-state index contributed by atoms with van der Waals surface area (Å²) in [6, 6.07) is 0. The predicted octanol–water partition coefficient (Wildman–Crippen LogP) is 10.2. The molecule has 5 heteroatoms. The van der Waals surface area contributed by atoms with Crippen molar-refractivity contribution in [2.45, 2.75) is 176 Å². The van der Waals surface area contributed by atoms with Crippen LogP contribution in [0.3, 0.4) is 0 Å². The highest BCUT2D eigenvalue weighted by atomic mass is 16.7. The minimum atomic E-state index is -0.133. The molecular weight excluding hydrogens is 474 g/mol. The second-order valence-corrected chi connectivity index (χ2v) is 10.8. The number of carbonyl (C=O) groups excluding carboxylic acids is 2. The van der Waals surface area contributed by atoms with Gasteiger partial charge in [0, 0.05) is 19.5 Å². The highest BCUT2D eigenvalue weighted by Gasteiger charge is 2.19.